The molecule has 0 aliphatic rings. The van der Waals surface area contributed by atoms with Gasteiger partial charge in [0.2, 0.25) is 11.1 Å². The standard InChI is InChI=1S/C25H23FN4O2S/c1-32-21-13-9-18(10-14-21)22(15-23(31)27-16-17-5-3-2-4-6-17)33-25-28-24(29-30-25)19-7-11-20(26)12-8-19/h2-14,22H,15-16H2,1H3,(H,27,31)(H,28,29,30). The molecule has 4 aromatic rings. The molecule has 0 aliphatic carbocycles. The fourth-order valence-electron chi connectivity index (χ4n) is 3.25. The summed E-state index contributed by atoms with van der Waals surface area (Å²) in [6.07, 6.45) is 0.254. The van der Waals surface area contributed by atoms with Gasteiger partial charge in [-0.2, -0.15) is 0 Å². The number of nitrogens with one attached hydrogen (secondary N) is 2. The molecule has 8 heteroatoms. The number of H-pyrrole nitrogens is 1. The number of aromatic nitrogens is 3. The Balaban J connectivity index is 1.48. The lowest BCUT2D eigenvalue weighted by Gasteiger charge is -2.16. The van der Waals surface area contributed by atoms with Crippen LogP contribution in [0.3, 0.4) is 0 Å². The molecular formula is C25H23FN4O2S. The molecular weight excluding hydrogens is 439 g/mol. The molecule has 0 aliphatic heterocycles. The highest BCUT2D eigenvalue weighted by Crippen LogP contribution is 2.37. The molecule has 1 heterocycles. The van der Waals surface area contributed by atoms with Crippen LogP contribution in [0.25, 0.3) is 11.4 Å². The number of aromatic amines is 1. The second kappa shape index (κ2) is 10.8. The Labute approximate surface area is 195 Å². The van der Waals surface area contributed by atoms with Crippen LogP contribution in [0.1, 0.15) is 22.8 Å². The molecule has 0 spiro atoms. The van der Waals surface area contributed by atoms with Crippen molar-refractivity contribution >= 4 is 17.7 Å². The third-order valence-electron chi connectivity index (χ3n) is 5.02. The summed E-state index contributed by atoms with van der Waals surface area (Å²) >= 11 is 1.39. The Bertz CT molecular complexity index is 1180. The topological polar surface area (TPSA) is 79.9 Å². The van der Waals surface area contributed by atoms with Gasteiger partial charge in [-0.15, -0.1) is 5.10 Å². The molecule has 2 N–H and O–H groups in total. The van der Waals surface area contributed by atoms with Gasteiger partial charge in [-0.05, 0) is 47.5 Å². The first kappa shape index (κ1) is 22.5. The first-order chi connectivity index (χ1) is 16.1. The molecule has 0 saturated carbocycles. The van der Waals surface area contributed by atoms with Crippen LogP contribution in [0.2, 0.25) is 0 Å². The number of carbonyl (C=O) groups is 1. The quantitative estimate of drug-likeness (QED) is 0.336. The zero-order valence-electron chi connectivity index (χ0n) is 18.0. The zero-order chi connectivity index (χ0) is 23.0. The number of benzene rings is 3. The predicted octanol–water partition coefficient (Wildman–Crippen LogP) is 5.16. The summed E-state index contributed by atoms with van der Waals surface area (Å²) < 4.78 is 18.5. The number of amides is 1. The molecule has 33 heavy (non-hydrogen) atoms. The van der Waals surface area contributed by atoms with Gasteiger partial charge < -0.3 is 10.1 Å². The molecule has 168 valence electrons. The van der Waals surface area contributed by atoms with E-state index in [9.17, 15) is 9.18 Å². The van der Waals surface area contributed by atoms with Crippen LogP contribution in [-0.2, 0) is 11.3 Å². The van der Waals surface area contributed by atoms with Crippen molar-refractivity contribution in [2.24, 2.45) is 0 Å². The second-order valence-electron chi connectivity index (χ2n) is 7.32. The molecule has 0 bridgehead atoms. The van der Waals surface area contributed by atoms with Crippen molar-refractivity contribution in [2.45, 2.75) is 23.4 Å². The lowest BCUT2D eigenvalue weighted by Crippen LogP contribution is -2.24. The number of thioether (sulfide) groups is 1. The molecule has 1 aromatic heterocycles. The average Bonchev–Trinajstić information content (AvgIpc) is 3.32. The van der Waals surface area contributed by atoms with Crippen LogP contribution in [-0.4, -0.2) is 28.2 Å². The lowest BCUT2D eigenvalue weighted by atomic mass is 10.1. The third kappa shape index (κ3) is 6.20. The third-order valence-corrected chi connectivity index (χ3v) is 6.14. The van der Waals surface area contributed by atoms with E-state index in [1.54, 1.807) is 19.2 Å². The van der Waals surface area contributed by atoms with Gasteiger partial charge in [-0.25, -0.2) is 9.37 Å². The maximum Gasteiger partial charge on any atom is 0.221 e. The maximum absolute atomic E-state index is 13.2. The number of ether oxygens (including phenoxy) is 1. The fraction of sp³-hybridized carbons (Fsp3) is 0.160. The SMILES string of the molecule is COc1ccc(C(CC(=O)NCc2ccccc2)Sc2n[nH]c(-c3ccc(F)cc3)n2)cc1. The summed E-state index contributed by atoms with van der Waals surface area (Å²) in [6, 6.07) is 23.4. The average molecular weight is 463 g/mol. The maximum atomic E-state index is 13.2. The van der Waals surface area contributed by atoms with Crippen LogP contribution in [0.15, 0.2) is 84.0 Å². The largest absolute Gasteiger partial charge is 0.497 e. The van der Waals surface area contributed by atoms with E-state index in [4.69, 9.17) is 4.74 Å². The van der Waals surface area contributed by atoms with Gasteiger partial charge in [0.25, 0.3) is 0 Å². The highest BCUT2D eigenvalue weighted by molar-refractivity contribution is 7.99. The zero-order valence-corrected chi connectivity index (χ0v) is 18.8. The van der Waals surface area contributed by atoms with E-state index in [0.717, 1.165) is 22.4 Å². The van der Waals surface area contributed by atoms with Crippen LogP contribution >= 0.6 is 11.8 Å². The Morgan fingerprint density at radius 2 is 1.79 bits per heavy atom. The van der Waals surface area contributed by atoms with Crippen LogP contribution in [0.5, 0.6) is 5.75 Å². The van der Waals surface area contributed by atoms with E-state index < -0.39 is 0 Å². The molecule has 1 amide bonds. The number of halogens is 1. The van der Waals surface area contributed by atoms with Gasteiger partial charge >= 0.3 is 0 Å². The molecule has 4 rings (SSSR count). The lowest BCUT2D eigenvalue weighted by molar-refractivity contribution is -0.121. The first-order valence-corrected chi connectivity index (χ1v) is 11.3. The van der Waals surface area contributed by atoms with Crippen LogP contribution in [0.4, 0.5) is 4.39 Å². The van der Waals surface area contributed by atoms with Gasteiger partial charge in [-0.1, -0.05) is 54.2 Å². The number of methoxy groups -OCH3 is 1. The van der Waals surface area contributed by atoms with Gasteiger partial charge in [0.05, 0.1) is 7.11 Å². The highest BCUT2D eigenvalue weighted by Gasteiger charge is 2.20. The normalized spacial score (nSPS) is 11.7. The smallest absolute Gasteiger partial charge is 0.221 e. The molecule has 3 aromatic carbocycles. The Kier molecular flexibility index (Phi) is 7.36. The van der Waals surface area contributed by atoms with Crippen molar-refractivity contribution in [3.63, 3.8) is 0 Å². The minimum absolute atomic E-state index is 0.0681. The monoisotopic (exact) mass is 462 g/mol. The van der Waals surface area contributed by atoms with Crippen molar-refractivity contribution in [1.29, 1.82) is 0 Å². The Morgan fingerprint density at radius 3 is 2.48 bits per heavy atom. The van der Waals surface area contributed by atoms with Gasteiger partial charge in [0, 0.05) is 23.8 Å². The summed E-state index contributed by atoms with van der Waals surface area (Å²) in [5.41, 5.74) is 2.73. The second-order valence-corrected chi connectivity index (χ2v) is 8.49. The number of nitrogens with zero attached hydrogens (tertiary/aromatic N) is 2. The van der Waals surface area contributed by atoms with E-state index >= 15 is 0 Å². The number of hydrogen-bond acceptors (Lipinski definition) is 5. The van der Waals surface area contributed by atoms with Crippen molar-refractivity contribution in [2.75, 3.05) is 7.11 Å². The van der Waals surface area contributed by atoms with Gasteiger partial charge in [0.15, 0.2) is 5.82 Å². The molecule has 1 unspecified atom stereocenters. The predicted molar refractivity (Wildman–Crippen MR) is 126 cm³/mol. The van der Waals surface area contributed by atoms with Gasteiger partial charge in [0.1, 0.15) is 11.6 Å². The number of carbonyl (C=O) groups excluding carboxylic acids is 1. The minimum Gasteiger partial charge on any atom is -0.497 e. The molecule has 1 atom stereocenters. The summed E-state index contributed by atoms with van der Waals surface area (Å²) in [6.45, 7) is 0.467. The minimum atomic E-state index is -0.311. The van der Waals surface area contributed by atoms with Crippen molar-refractivity contribution in [3.05, 3.63) is 95.8 Å². The van der Waals surface area contributed by atoms with E-state index in [0.29, 0.717) is 17.5 Å². The van der Waals surface area contributed by atoms with E-state index in [-0.39, 0.29) is 23.4 Å². The van der Waals surface area contributed by atoms with Crippen molar-refractivity contribution in [3.8, 4) is 17.1 Å². The Hall–Kier alpha value is -3.65. The van der Waals surface area contributed by atoms with Crippen LogP contribution in [0, 0.1) is 5.82 Å². The summed E-state index contributed by atoms with van der Waals surface area (Å²) in [5.74, 6) is 0.905. The number of hydrogen-bond donors (Lipinski definition) is 2. The molecule has 0 fully saturated rings. The van der Waals surface area contributed by atoms with Crippen molar-refractivity contribution < 1.29 is 13.9 Å². The summed E-state index contributed by atoms with van der Waals surface area (Å²) in [7, 11) is 1.61. The van der Waals surface area contributed by atoms with Crippen molar-refractivity contribution in [1.82, 2.24) is 20.5 Å². The van der Waals surface area contributed by atoms with E-state index in [1.807, 2.05) is 54.6 Å². The van der Waals surface area contributed by atoms with Crippen LogP contribution < -0.4 is 10.1 Å². The summed E-state index contributed by atoms with van der Waals surface area (Å²) in [4.78, 5) is 17.3. The van der Waals surface area contributed by atoms with E-state index in [1.165, 1.54) is 23.9 Å². The number of rotatable bonds is 9. The molecule has 0 radical (unpaired) electrons. The molecule has 6 nitrogen and oxygen atoms in total. The highest BCUT2D eigenvalue weighted by atomic mass is 32.2. The van der Waals surface area contributed by atoms with Gasteiger partial charge in [-0.3, -0.25) is 9.89 Å². The Morgan fingerprint density at radius 1 is 1.06 bits per heavy atom. The summed E-state index contributed by atoms with van der Waals surface area (Å²) in [5, 5.41) is 10.5. The molecule has 0 saturated heterocycles. The fourth-order valence-corrected chi connectivity index (χ4v) is 4.27. The van der Waals surface area contributed by atoms with E-state index in [2.05, 4.69) is 20.5 Å². The first-order valence-electron chi connectivity index (χ1n) is 10.4.